The fourth-order valence-corrected chi connectivity index (χ4v) is 3.88. The molecule has 0 spiro atoms. The van der Waals surface area contributed by atoms with E-state index in [4.69, 9.17) is 5.11 Å². The maximum Gasteiger partial charge on any atom is 0.0783 e. The van der Waals surface area contributed by atoms with Crippen LogP contribution >= 0.6 is 0 Å². The second-order valence-electron chi connectivity index (χ2n) is 6.45. The van der Waals surface area contributed by atoms with Gasteiger partial charge in [-0.05, 0) is 32.1 Å². The van der Waals surface area contributed by atoms with Crippen molar-refractivity contribution in [1.82, 2.24) is 4.90 Å². The molecule has 0 bridgehead atoms. The van der Waals surface area contributed by atoms with Gasteiger partial charge in [0.1, 0.15) is 0 Å². The quantitative estimate of drug-likeness (QED) is 0.779. The molecule has 2 rings (SSSR count). The Morgan fingerprint density at radius 3 is 1.74 bits per heavy atom. The Bertz CT molecular complexity index is 217. The van der Waals surface area contributed by atoms with Crippen LogP contribution in [-0.4, -0.2) is 46.5 Å². The molecule has 19 heavy (non-hydrogen) atoms. The Balaban J connectivity index is 1.90. The summed E-state index contributed by atoms with van der Waals surface area (Å²) in [5.74, 6) is 0. The van der Waals surface area contributed by atoms with Crippen LogP contribution in [0.5, 0.6) is 0 Å². The molecule has 0 saturated heterocycles. The van der Waals surface area contributed by atoms with Gasteiger partial charge in [0.2, 0.25) is 0 Å². The second-order valence-corrected chi connectivity index (χ2v) is 6.45. The van der Waals surface area contributed by atoms with Crippen molar-refractivity contribution in [2.45, 2.75) is 88.8 Å². The largest absolute Gasteiger partial charge is 0.394 e. The lowest BCUT2D eigenvalue weighted by atomic mass is 9.88. The van der Waals surface area contributed by atoms with Crippen LogP contribution in [0.3, 0.4) is 0 Å². The first-order chi connectivity index (χ1) is 9.31. The molecule has 3 nitrogen and oxygen atoms in total. The molecule has 112 valence electrons. The maximum atomic E-state index is 9.63. The number of hydrogen-bond donors (Lipinski definition) is 2. The lowest BCUT2D eigenvalue weighted by Crippen LogP contribution is -2.46. The van der Waals surface area contributed by atoms with Crippen molar-refractivity contribution >= 4 is 0 Å². The molecule has 2 N–H and O–H groups in total. The van der Waals surface area contributed by atoms with Crippen molar-refractivity contribution in [2.24, 2.45) is 0 Å². The normalized spacial score (nSPS) is 24.8. The summed E-state index contributed by atoms with van der Waals surface area (Å²) in [5, 5.41) is 18.6. The Labute approximate surface area is 118 Å². The Hall–Kier alpha value is -0.120. The van der Waals surface area contributed by atoms with E-state index in [1.54, 1.807) is 0 Å². The van der Waals surface area contributed by atoms with Gasteiger partial charge >= 0.3 is 0 Å². The van der Waals surface area contributed by atoms with Gasteiger partial charge in [-0.15, -0.1) is 0 Å². The average molecular weight is 269 g/mol. The summed E-state index contributed by atoms with van der Waals surface area (Å²) in [4.78, 5) is 2.69. The van der Waals surface area contributed by atoms with Crippen LogP contribution in [0.4, 0.5) is 0 Å². The van der Waals surface area contributed by atoms with Crippen LogP contribution in [0.15, 0.2) is 0 Å². The summed E-state index contributed by atoms with van der Waals surface area (Å²) in [6.45, 7) is 0.875. The number of hydrogen-bond acceptors (Lipinski definition) is 3. The highest BCUT2D eigenvalue weighted by molar-refractivity contribution is 4.84. The molecular weight excluding hydrogens is 238 g/mol. The third kappa shape index (κ3) is 4.73. The van der Waals surface area contributed by atoms with Crippen molar-refractivity contribution in [2.75, 3.05) is 13.2 Å². The van der Waals surface area contributed by atoms with E-state index in [0.29, 0.717) is 0 Å². The van der Waals surface area contributed by atoms with E-state index in [0.717, 1.165) is 25.0 Å². The van der Waals surface area contributed by atoms with Crippen molar-refractivity contribution in [3.8, 4) is 0 Å². The summed E-state index contributed by atoms with van der Waals surface area (Å²) in [7, 11) is 0. The molecule has 0 radical (unpaired) electrons. The minimum Gasteiger partial charge on any atom is -0.394 e. The summed E-state index contributed by atoms with van der Waals surface area (Å²) >= 11 is 0. The molecule has 1 atom stereocenters. The molecule has 0 aliphatic heterocycles. The molecule has 0 aromatic rings. The topological polar surface area (TPSA) is 43.7 Å². The molecule has 2 aliphatic carbocycles. The first-order valence-corrected chi connectivity index (χ1v) is 8.36. The monoisotopic (exact) mass is 269 g/mol. The predicted octanol–water partition coefficient (Wildman–Crippen LogP) is 2.70. The minimum atomic E-state index is -0.533. The average Bonchev–Trinajstić information content (AvgIpc) is 2.49. The van der Waals surface area contributed by atoms with Gasteiger partial charge in [0.05, 0.1) is 12.7 Å². The maximum absolute atomic E-state index is 9.63. The van der Waals surface area contributed by atoms with Crippen LogP contribution in [-0.2, 0) is 0 Å². The summed E-state index contributed by atoms with van der Waals surface area (Å²) in [5.41, 5.74) is 0. The molecule has 0 aromatic carbocycles. The smallest absolute Gasteiger partial charge is 0.0783 e. The summed E-state index contributed by atoms with van der Waals surface area (Å²) < 4.78 is 0. The van der Waals surface area contributed by atoms with Gasteiger partial charge in [-0.3, -0.25) is 4.90 Å². The number of rotatable bonds is 6. The van der Waals surface area contributed by atoms with E-state index >= 15 is 0 Å². The van der Waals surface area contributed by atoms with Crippen molar-refractivity contribution in [1.29, 1.82) is 0 Å². The Morgan fingerprint density at radius 2 is 1.32 bits per heavy atom. The van der Waals surface area contributed by atoms with Crippen molar-refractivity contribution in [3.05, 3.63) is 0 Å². The molecule has 3 heteroatoms. The highest BCUT2D eigenvalue weighted by Crippen LogP contribution is 2.30. The standard InChI is InChI=1S/C16H31NO2/c18-13-16(19)11-12-17(14-7-3-1-4-8-14)15-9-5-2-6-10-15/h14-16,18-19H,1-13H2. The van der Waals surface area contributed by atoms with E-state index in [9.17, 15) is 5.11 Å². The zero-order valence-electron chi connectivity index (χ0n) is 12.3. The molecule has 0 aromatic heterocycles. The van der Waals surface area contributed by atoms with Crippen LogP contribution < -0.4 is 0 Å². The van der Waals surface area contributed by atoms with E-state index in [1.165, 1.54) is 64.2 Å². The van der Waals surface area contributed by atoms with Gasteiger partial charge in [0.25, 0.3) is 0 Å². The molecule has 2 saturated carbocycles. The molecular formula is C16H31NO2. The van der Waals surface area contributed by atoms with Gasteiger partial charge in [0, 0.05) is 18.6 Å². The lowest BCUT2D eigenvalue weighted by molar-refractivity contribution is 0.0408. The van der Waals surface area contributed by atoms with Gasteiger partial charge < -0.3 is 10.2 Å². The first kappa shape index (κ1) is 15.3. The minimum absolute atomic E-state index is 0.0941. The van der Waals surface area contributed by atoms with E-state index in [1.807, 2.05) is 0 Å². The zero-order chi connectivity index (χ0) is 13.5. The van der Waals surface area contributed by atoms with Crippen molar-refractivity contribution < 1.29 is 10.2 Å². The van der Waals surface area contributed by atoms with Crippen LogP contribution in [0.1, 0.15) is 70.6 Å². The van der Waals surface area contributed by atoms with Crippen LogP contribution in [0.25, 0.3) is 0 Å². The molecule has 1 unspecified atom stereocenters. The first-order valence-electron chi connectivity index (χ1n) is 8.36. The number of nitrogens with zero attached hydrogens (tertiary/aromatic N) is 1. The van der Waals surface area contributed by atoms with Crippen LogP contribution in [0, 0.1) is 0 Å². The zero-order valence-corrected chi connectivity index (χ0v) is 12.3. The third-order valence-corrected chi connectivity index (χ3v) is 5.02. The molecule has 0 amide bonds. The molecule has 2 fully saturated rings. The van der Waals surface area contributed by atoms with E-state index < -0.39 is 6.10 Å². The fourth-order valence-electron chi connectivity index (χ4n) is 3.88. The highest BCUT2D eigenvalue weighted by Gasteiger charge is 2.28. The highest BCUT2D eigenvalue weighted by atomic mass is 16.3. The number of aliphatic hydroxyl groups is 2. The van der Waals surface area contributed by atoms with Crippen molar-refractivity contribution in [3.63, 3.8) is 0 Å². The van der Waals surface area contributed by atoms with Gasteiger partial charge in [0.15, 0.2) is 0 Å². The van der Waals surface area contributed by atoms with E-state index in [2.05, 4.69) is 4.90 Å². The Morgan fingerprint density at radius 1 is 0.842 bits per heavy atom. The second kappa shape index (κ2) is 8.23. The fraction of sp³-hybridized carbons (Fsp3) is 1.00. The summed E-state index contributed by atoms with van der Waals surface area (Å²) in [6, 6.07) is 1.48. The third-order valence-electron chi connectivity index (χ3n) is 5.02. The summed E-state index contributed by atoms with van der Waals surface area (Å²) in [6.07, 6.45) is 13.8. The van der Waals surface area contributed by atoms with E-state index in [-0.39, 0.29) is 6.61 Å². The molecule has 2 aliphatic rings. The lowest BCUT2D eigenvalue weighted by Gasteiger charge is -2.42. The van der Waals surface area contributed by atoms with Gasteiger partial charge in [-0.25, -0.2) is 0 Å². The van der Waals surface area contributed by atoms with Crippen LogP contribution in [0.2, 0.25) is 0 Å². The molecule has 0 heterocycles. The number of aliphatic hydroxyl groups excluding tert-OH is 2. The Kier molecular flexibility index (Phi) is 6.62. The predicted molar refractivity (Wildman–Crippen MR) is 78.2 cm³/mol. The van der Waals surface area contributed by atoms with Gasteiger partial charge in [-0.2, -0.15) is 0 Å². The SMILES string of the molecule is OCC(O)CCN(C1CCCCC1)C1CCCCC1. The van der Waals surface area contributed by atoms with Gasteiger partial charge in [-0.1, -0.05) is 38.5 Å².